The molecule has 0 saturated carbocycles. The molecule has 3 heterocycles. The molecule has 2 aromatic rings. The zero-order chi connectivity index (χ0) is 29.7. The fourth-order valence-corrected chi connectivity index (χ4v) is 7.66. The van der Waals surface area contributed by atoms with Crippen molar-refractivity contribution in [3.63, 3.8) is 0 Å². The summed E-state index contributed by atoms with van der Waals surface area (Å²) in [4.78, 5) is 46.0. The molecule has 2 amide bonds. The van der Waals surface area contributed by atoms with Crippen molar-refractivity contribution >= 4 is 34.2 Å². The number of aliphatic hydroxyl groups is 1. The number of anilines is 1. The van der Waals surface area contributed by atoms with E-state index in [0.717, 1.165) is 10.8 Å². The second kappa shape index (κ2) is 10.9. The average molecular weight is 563 g/mol. The molecule has 0 radical (unpaired) electrons. The van der Waals surface area contributed by atoms with E-state index < -0.39 is 41.1 Å². The fourth-order valence-electron chi connectivity index (χ4n) is 7.66. The number of hydrogen-bond donors (Lipinski definition) is 1. The Morgan fingerprint density at radius 1 is 1.24 bits per heavy atom. The van der Waals surface area contributed by atoms with Crippen LogP contribution in [0.5, 0.6) is 0 Å². The Hall–Kier alpha value is -3.23. The summed E-state index contributed by atoms with van der Waals surface area (Å²) in [6, 6.07) is 12.1. The van der Waals surface area contributed by atoms with Crippen LogP contribution in [-0.2, 0) is 23.9 Å². The van der Waals surface area contributed by atoms with Crippen LogP contribution < -0.4 is 4.90 Å². The number of hydrogen-bond acceptors (Lipinski definition) is 6. The Morgan fingerprint density at radius 2 is 1.95 bits per heavy atom. The van der Waals surface area contributed by atoms with Crippen LogP contribution in [0.2, 0.25) is 0 Å². The van der Waals surface area contributed by atoms with Gasteiger partial charge >= 0.3 is 5.97 Å². The Kier molecular flexibility index (Phi) is 7.76. The highest BCUT2D eigenvalue weighted by atomic mass is 16.6. The molecule has 8 atom stereocenters. The minimum atomic E-state index is -1.23. The number of nitrogens with zero attached hydrogens (tertiary/aromatic N) is 2. The number of rotatable bonds is 10. The summed E-state index contributed by atoms with van der Waals surface area (Å²) in [7, 11) is 0. The van der Waals surface area contributed by atoms with E-state index in [4.69, 9.17) is 9.47 Å². The summed E-state index contributed by atoms with van der Waals surface area (Å²) in [5.74, 6) is -3.01. The quantitative estimate of drug-likeness (QED) is 0.342. The van der Waals surface area contributed by atoms with Crippen LogP contribution in [0, 0.1) is 23.7 Å². The molecule has 5 rings (SSSR count). The first-order valence-corrected chi connectivity index (χ1v) is 14.8. The molecule has 1 spiro atoms. The molecule has 41 heavy (non-hydrogen) atoms. The maximum Gasteiger partial charge on any atom is 0.312 e. The molecule has 1 N–H and O–H groups in total. The molecule has 3 fully saturated rings. The molecule has 0 aromatic heterocycles. The highest BCUT2D eigenvalue weighted by molar-refractivity contribution is 6.06. The van der Waals surface area contributed by atoms with Crippen molar-refractivity contribution in [3.05, 3.63) is 55.1 Å². The van der Waals surface area contributed by atoms with Crippen LogP contribution in [-0.4, -0.2) is 70.8 Å². The minimum Gasteiger partial charge on any atom is -0.466 e. The van der Waals surface area contributed by atoms with E-state index in [1.807, 2.05) is 70.2 Å². The van der Waals surface area contributed by atoms with Gasteiger partial charge < -0.3 is 24.4 Å². The highest BCUT2D eigenvalue weighted by Gasteiger charge is 2.81. The molecule has 2 bridgehead atoms. The summed E-state index contributed by atoms with van der Waals surface area (Å²) in [6.45, 7) is 13.6. The summed E-state index contributed by atoms with van der Waals surface area (Å²) in [6.07, 6.45) is 2.81. The monoisotopic (exact) mass is 562 g/mol. The first-order chi connectivity index (χ1) is 19.6. The number of fused-ring (bicyclic) bond motifs is 2. The van der Waals surface area contributed by atoms with E-state index >= 15 is 0 Å². The van der Waals surface area contributed by atoms with Gasteiger partial charge in [-0.2, -0.15) is 0 Å². The normalized spacial score (nSPS) is 31.7. The summed E-state index contributed by atoms with van der Waals surface area (Å²) < 4.78 is 12.3. The highest BCUT2D eigenvalue weighted by Crippen LogP contribution is 2.66. The number of benzene rings is 2. The number of carbonyl (C=O) groups is 3. The van der Waals surface area contributed by atoms with E-state index in [1.54, 1.807) is 22.8 Å². The second-order valence-corrected chi connectivity index (χ2v) is 12.1. The first-order valence-electron chi connectivity index (χ1n) is 14.8. The van der Waals surface area contributed by atoms with Crippen molar-refractivity contribution in [3.8, 4) is 0 Å². The molecule has 3 saturated heterocycles. The lowest BCUT2D eigenvalue weighted by Crippen LogP contribution is -2.60. The Balaban J connectivity index is 1.67. The number of esters is 1. The van der Waals surface area contributed by atoms with Crippen LogP contribution in [0.3, 0.4) is 0 Å². The van der Waals surface area contributed by atoms with Gasteiger partial charge in [0.15, 0.2) is 0 Å². The number of carbonyl (C=O) groups excluding carboxylic acids is 3. The molecule has 220 valence electrons. The van der Waals surface area contributed by atoms with Crippen LogP contribution in [0.25, 0.3) is 10.8 Å². The van der Waals surface area contributed by atoms with Crippen molar-refractivity contribution in [2.45, 2.75) is 70.7 Å². The number of likely N-dealkylation sites (tertiary alicyclic amines) is 1. The Bertz CT molecular complexity index is 1360. The van der Waals surface area contributed by atoms with Crippen molar-refractivity contribution in [2.75, 3.05) is 24.7 Å². The van der Waals surface area contributed by atoms with Gasteiger partial charge in [-0.05, 0) is 55.0 Å². The van der Waals surface area contributed by atoms with Gasteiger partial charge in [-0.15, -0.1) is 6.58 Å². The molecule has 2 aromatic carbocycles. The summed E-state index contributed by atoms with van der Waals surface area (Å²) in [5, 5.41) is 12.6. The fraction of sp³-hybridized carbons (Fsp3) is 0.545. The number of amides is 2. The number of ether oxygens (including phenoxy) is 2. The van der Waals surface area contributed by atoms with Crippen molar-refractivity contribution < 1.29 is 29.0 Å². The lowest BCUT2D eigenvalue weighted by Gasteiger charge is -2.41. The molecule has 0 aliphatic carbocycles. The maximum atomic E-state index is 14.9. The molecule has 3 aliphatic heterocycles. The average Bonchev–Trinajstić information content (AvgIpc) is 3.48. The standard InChI is InChI=1S/C33H42N2O6/c1-7-16-34(24-15-14-22-12-10-11-13-23(22)17-24)30(38)28-33-18-21(5)32(6,41-33)27(31(39)40-9-3)26(33)29(37)35(28)25(19-36)20(4)8-2/h7,10-15,17,20-21,25-28,36H,1,8-9,16,18-19H2,2-6H3/t20-,21?,25-,26-,27+,28?,32-,33?/m0/s1. The third kappa shape index (κ3) is 4.29. The Morgan fingerprint density at radius 3 is 2.59 bits per heavy atom. The van der Waals surface area contributed by atoms with E-state index in [9.17, 15) is 19.5 Å². The smallest absolute Gasteiger partial charge is 0.312 e. The lowest BCUT2D eigenvalue weighted by molar-refractivity contribution is -0.162. The topological polar surface area (TPSA) is 96.4 Å². The van der Waals surface area contributed by atoms with Crippen LogP contribution in [0.1, 0.15) is 47.5 Å². The minimum absolute atomic E-state index is 0.0887. The van der Waals surface area contributed by atoms with Gasteiger partial charge in [0.2, 0.25) is 5.91 Å². The van der Waals surface area contributed by atoms with E-state index in [2.05, 4.69) is 6.58 Å². The van der Waals surface area contributed by atoms with Crippen LogP contribution in [0.15, 0.2) is 55.1 Å². The summed E-state index contributed by atoms with van der Waals surface area (Å²) in [5.41, 5.74) is -1.50. The predicted molar refractivity (Wildman–Crippen MR) is 157 cm³/mol. The number of aliphatic hydroxyl groups excluding tert-OH is 1. The summed E-state index contributed by atoms with van der Waals surface area (Å²) >= 11 is 0. The first kappa shape index (κ1) is 29.3. The zero-order valence-corrected chi connectivity index (χ0v) is 24.7. The van der Waals surface area contributed by atoms with Gasteiger partial charge in [0.1, 0.15) is 17.6 Å². The predicted octanol–water partition coefficient (Wildman–Crippen LogP) is 4.34. The molecule has 3 unspecified atom stereocenters. The third-order valence-electron chi connectivity index (χ3n) is 9.99. The van der Waals surface area contributed by atoms with Crippen molar-refractivity contribution in [1.29, 1.82) is 0 Å². The molecule has 3 aliphatic rings. The van der Waals surface area contributed by atoms with Gasteiger partial charge in [0, 0.05) is 12.2 Å². The van der Waals surface area contributed by atoms with Crippen LogP contribution >= 0.6 is 0 Å². The van der Waals surface area contributed by atoms with Crippen molar-refractivity contribution in [2.24, 2.45) is 23.7 Å². The van der Waals surface area contributed by atoms with E-state index in [0.29, 0.717) is 18.5 Å². The lowest BCUT2D eigenvalue weighted by atomic mass is 9.62. The SMILES string of the molecule is C=CCN(C(=O)C1N([C@@H](CO)[C@@H](C)CC)C(=O)[C@@H]2[C@H](C(=O)OCC)[C@@]3(C)OC12CC3C)c1ccc2ccccc2c1. The largest absolute Gasteiger partial charge is 0.466 e. The van der Waals surface area contributed by atoms with Gasteiger partial charge in [-0.1, -0.05) is 63.6 Å². The molecular weight excluding hydrogens is 520 g/mol. The van der Waals surface area contributed by atoms with Gasteiger partial charge in [0.25, 0.3) is 5.91 Å². The van der Waals surface area contributed by atoms with Crippen LogP contribution in [0.4, 0.5) is 5.69 Å². The Labute approximate surface area is 242 Å². The molecular formula is C33H42N2O6. The second-order valence-electron chi connectivity index (χ2n) is 12.1. The van der Waals surface area contributed by atoms with Crippen molar-refractivity contribution in [1.82, 2.24) is 4.90 Å². The zero-order valence-electron chi connectivity index (χ0n) is 24.7. The molecule has 8 nitrogen and oxygen atoms in total. The van der Waals surface area contributed by atoms with Gasteiger partial charge in [-0.3, -0.25) is 14.4 Å². The van der Waals surface area contributed by atoms with E-state index in [1.165, 1.54) is 0 Å². The van der Waals surface area contributed by atoms with E-state index in [-0.39, 0.29) is 43.4 Å². The van der Waals surface area contributed by atoms with Gasteiger partial charge in [-0.25, -0.2) is 0 Å². The molecule has 8 heteroatoms. The maximum absolute atomic E-state index is 14.9. The third-order valence-corrected chi connectivity index (χ3v) is 9.99. The van der Waals surface area contributed by atoms with Gasteiger partial charge in [0.05, 0.1) is 30.8 Å².